The summed E-state index contributed by atoms with van der Waals surface area (Å²) < 4.78 is 14.5. The second-order valence-corrected chi connectivity index (χ2v) is 5.01. The van der Waals surface area contributed by atoms with Crippen molar-refractivity contribution in [3.05, 3.63) is 79.7 Å². The van der Waals surface area contributed by atoms with Crippen LogP contribution in [0, 0.1) is 5.82 Å². The normalized spacial score (nSPS) is 11.0. The summed E-state index contributed by atoms with van der Waals surface area (Å²) in [6, 6.07) is 10.8. The van der Waals surface area contributed by atoms with Crippen LogP contribution in [0.5, 0.6) is 0 Å². The van der Waals surface area contributed by atoms with E-state index in [1.807, 2.05) is 0 Å². The van der Waals surface area contributed by atoms with Crippen LogP contribution in [0.2, 0.25) is 5.02 Å². The summed E-state index contributed by atoms with van der Waals surface area (Å²) in [4.78, 5) is 26.1. The molecule has 6 heteroatoms. The number of aromatic amines is 1. The van der Waals surface area contributed by atoms with E-state index in [1.54, 1.807) is 24.3 Å². The molecule has 0 atom stereocenters. The van der Waals surface area contributed by atoms with Gasteiger partial charge in [-0.05, 0) is 29.8 Å². The highest BCUT2D eigenvalue weighted by atomic mass is 35.5. The third kappa shape index (κ3) is 2.48. The van der Waals surface area contributed by atoms with Crippen molar-refractivity contribution < 1.29 is 4.39 Å². The molecule has 2 aromatic carbocycles. The van der Waals surface area contributed by atoms with Gasteiger partial charge in [0.05, 0.1) is 17.4 Å². The van der Waals surface area contributed by atoms with Gasteiger partial charge in [-0.2, -0.15) is 0 Å². The molecule has 0 bridgehead atoms. The Kier molecular flexibility index (Phi) is 3.35. The molecule has 0 amide bonds. The Balaban J connectivity index is 2.21. The summed E-state index contributed by atoms with van der Waals surface area (Å²) in [6.07, 6.45) is 0. The van der Waals surface area contributed by atoms with Crippen molar-refractivity contribution in [1.29, 1.82) is 0 Å². The van der Waals surface area contributed by atoms with Gasteiger partial charge in [0.15, 0.2) is 0 Å². The summed E-state index contributed by atoms with van der Waals surface area (Å²) >= 11 is 5.99. The molecular weight excluding hydrogens is 295 g/mol. The first-order valence-electron chi connectivity index (χ1n) is 6.22. The summed E-state index contributed by atoms with van der Waals surface area (Å²) in [5.74, 6) is -0.442. The van der Waals surface area contributed by atoms with E-state index in [0.717, 1.165) is 0 Å². The number of nitrogens with one attached hydrogen (secondary N) is 1. The van der Waals surface area contributed by atoms with E-state index in [9.17, 15) is 14.0 Å². The predicted octanol–water partition coefficient (Wildman–Crippen LogP) is 2.53. The van der Waals surface area contributed by atoms with E-state index >= 15 is 0 Å². The van der Waals surface area contributed by atoms with Crippen molar-refractivity contribution in [3.63, 3.8) is 0 Å². The fraction of sp³-hybridized carbons (Fsp3) is 0.0667. The number of fused-ring (bicyclic) bond motifs is 1. The molecule has 0 spiro atoms. The van der Waals surface area contributed by atoms with Gasteiger partial charge in [0.25, 0.3) is 5.56 Å². The molecule has 0 aliphatic heterocycles. The Morgan fingerprint density at radius 3 is 2.67 bits per heavy atom. The van der Waals surface area contributed by atoms with Crippen LogP contribution in [0.15, 0.2) is 52.1 Å². The molecule has 4 nitrogen and oxygen atoms in total. The third-order valence-corrected chi connectivity index (χ3v) is 3.60. The second kappa shape index (κ2) is 5.18. The molecule has 3 aromatic rings. The molecule has 3 rings (SSSR count). The molecule has 0 saturated carbocycles. The molecule has 1 N–H and O–H groups in total. The highest BCUT2D eigenvalue weighted by molar-refractivity contribution is 6.31. The number of nitrogens with zero attached hydrogens (tertiary/aromatic N) is 1. The number of hydrogen-bond donors (Lipinski definition) is 1. The van der Waals surface area contributed by atoms with E-state index in [-0.39, 0.29) is 11.6 Å². The number of aromatic nitrogens is 2. The van der Waals surface area contributed by atoms with Crippen molar-refractivity contribution >= 4 is 22.5 Å². The lowest BCUT2D eigenvalue weighted by Gasteiger charge is -2.10. The van der Waals surface area contributed by atoms with Gasteiger partial charge >= 0.3 is 5.69 Å². The van der Waals surface area contributed by atoms with Gasteiger partial charge in [-0.15, -0.1) is 0 Å². The first kappa shape index (κ1) is 13.6. The quantitative estimate of drug-likeness (QED) is 0.791. The number of rotatable bonds is 2. The number of halogens is 2. The van der Waals surface area contributed by atoms with E-state index in [1.165, 1.54) is 22.8 Å². The largest absolute Gasteiger partial charge is 0.329 e. The lowest BCUT2D eigenvalue weighted by atomic mass is 10.2. The standard InChI is InChI=1S/C15H10ClFN2O2/c16-12-7-10(17)6-5-9(12)8-19-13-4-2-1-3-11(13)14(20)18-15(19)21/h1-7H,8H2,(H,18,20,21). The van der Waals surface area contributed by atoms with Crippen LogP contribution in [0.3, 0.4) is 0 Å². The monoisotopic (exact) mass is 304 g/mol. The van der Waals surface area contributed by atoms with Crippen molar-refractivity contribution in [2.75, 3.05) is 0 Å². The number of para-hydroxylation sites is 1. The van der Waals surface area contributed by atoms with Crippen LogP contribution in [0.1, 0.15) is 5.56 Å². The molecule has 1 aromatic heterocycles. The summed E-state index contributed by atoms with van der Waals surface area (Å²) in [5.41, 5.74) is 0.139. The first-order chi connectivity index (χ1) is 10.1. The summed E-state index contributed by atoms with van der Waals surface area (Å²) in [7, 11) is 0. The molecule has 0 radical (unpaired) electrons. The minimum absolute atomic E-state index is 0.148. The summed E-state index contributed by atoms with van der Waals surface area (Å²) in [5, 5.41) is 0.646. The van der Waals surface area contributed by atoms with Gasteiger partial charge < -0.3 is 0 Å². The Labute approximate surface area is 123 Å². The maximum absolute atomic E-state index is 13.1. The first-order valence-corrected chi connectivity index (χ1v) is 6.60. The Bertz CT molecular complexity index is 946. The average Bonchev–Trinajstić information content (AvgIpc) is 2.45. The van der Waals surface area contributed by atoms with E-state index < -0.39 is 17.1 Å². The Morgan fingerprint density at radius 2 is 1.90 bits per heavy atom. The van der Waals surface area contributed by atoms with Gasteiger partial charge in [-0.3, -0.25) is 14.3 Å². The molecule has 106 valence electrons. The number of hydrogen-bond acceptors (Lipinski definition) is 2. The van der Waals surface area contributed by atoms with Crippen LogP contribution >= 0.6 is 11.6 Å². The fourth-order valence-electron chi connectivity index (χ4n) is 2.22. The maximum Gasteiger partial charge on any atom is 0.329 e. The molecule has 1 heterocycles. The Hall–Kier alpha value is -2.40. The van der Waals surface area contributed by atoms with Crippen LogP contribution in [-0.4, -0.2) is 9.55 Å². The van der Waals surface area contributed by atoms with Crippen molar-refractivity contribution in [1.82, 2.24) is 9.55 Å². The van der Waals surface area contributed by atoms with E-state index in [0.29, 0.717) is 16.5 Å². The van der Waals surface area contributed by atoms with Crippen LogP contribution in [0.4, 0.5) is 4.39 Å². The molecule has 0 saturated heterocycles. The topological polar surface area (TPSA) is 54.9 Å². The molecular formula is C15H10ClFN2O2. The van der Waals surface area contributed by atoms with Gasteiger partial charge in [-0.25, -0.2) is 9.18 Å². The summed E-state index contributed by atoms with van der Waals surface area (Å²) in [6.45, 7) is 0.148. The number of benzene rings is 2. The zero-order chi connectivity index (χ0) is 15.0. The molecule has 0 fully saturated rings. The SMILES string of the molecule is O=c1[nH]c(=O)n(Cc2ccc(F)cc2Cl)c2ccccc12. The smallest absolute Gasteiger partial charge is 0.289 e. The highest BCUT2D eigenvalue weighted by Gasteiger charge is 2.09. The van der Waals surface area contributed by atoms with Gasteiger partial charge in [0.1, 0.15) is 5.82 Å². The average molecular weight is 305 g/mol. The molecule has 0 aliphatic rings. The molecule has 0 unspecified atom stereocenters. The maximum atomic E-state index is 13.1. The molecule has 0 aliphatic carbocycles. The second-order valence-electron chi connectivity index (χ2n) is 4.60. The van der Waals surface area contributed by atoms with Crippen LogP contribution in [0.25, 0.3) is 10.9 Å². The minimum Gasteiger partial charge on any atom is -0.289 e. The predicted molar refractivity (Wildman–Crippen MR) is 79.3 cm³/mol. The third-order valence-electron chi connectivity index (χ3n) is 3.25. The lowest BCUT2D eigenvalue weighted by Crippen LogP contribution is -2.30. The lowest BCUT2D eigenvalue weighted by molar-refractivity contribution is 0.626. The van der Waals surface area contributed by atoms with Gasteiger partial charge in [0.2, 0.25) is 0 Å². The van der Waals surface area contributed by atoms with E-state index in [2.05, 4.69) is 4.98 Å². The van der Waals surface area contributed by atoms with Crippen LogP contribution in [-0.2, 0) is 6.54 Å². The fourth-order valence-corrected chi connectivity index (χ4v) is 2.45. The highest BCUT2D eigenvalue weighted by Crippen LogP contribution is 2.19. The van der Waals surface area contributed by atoms with Crippen molar-refractivity contribution in [2.45, 2.75) is 6.54 Å². The van der Waals surface area contributed by atoms with Crippen molar-refractivity contribution in [3.8, 4) is 0 Å². The van der Waals surface area contributed by atoms with Crippen molar-refractivity contribution in [2.24, 2.45) is 0 Å². The zero-order valence-electron chi connectivity index (χ0n) is 10.8. The minimum atomic E-state index is -0.529. The van der Waals surface area contributed by atoms with Crippen LogP contribution < -0.4 is 11.2 Å². The van der Waals surface area contributed by atoms with Gasteiger partial charge in [-0.1, -0.05) is 29.8 Å². The number of H-pyrrole nitrogens is 1. The Morgan fingerprint density at radius 1 is 1.14 bits per heavy atom. The van der Waals surface area contributed by atoms with E-state index in [4.69, 9.17) is 11.6 Å². The molecule has 21 heavy (non-hydrogen) atoms. The zero-order valence-corrected chi connectivity index (χ0v) is 11.5. The van der Waals surface area contributed by atoms with Gasteiger partial charge in [0, 0.05) is 5.02 Å².